The largest absolute Gasteiger partial charge is 1.00 e. The first-order valence-electron chi connectivity index (χ1n) is 16.7. The fraction of sp³-hybridized carbons (Fsp3) is 0.268. The number of aldehydes is 2. The minimum atomic E-state index is -1.00. The molecular weight excluding hydrogens is 747 g/mol. The average molecular weight is 794 g/mol. The number of aliphatic imine (C=N–C) groups is 1. The first kappa shape index (κ1) is 49.2. The van der Waals surface area contributed by atoms with Gasteiger partial charge in [0.2, 0.25) is 0 Å². The minimum Gasteiger partial charge on any atom is -1.00 e. The number of rotatable bonds is 6. The van der Waals surface area contributed by atoms with Crippen LogP contribution in [0.4, 0.5) is 4.39 Å². The molecule has 4 aromatic rings. The number of aromatic nitrogens is 2. The number of alkyl halides is 2. The molecule has 0 fully saturated rings. The van der Waals surface area contributed by atoms with E-state index in [2.05, 4.69) is 51.1 Å². The van der Waals surface area contributed by atoms with Crippen molar-refractivity contribution in [3.8, 4) is 0 Å². The number of hydrogen-bond donors (Lipinski definition) is 0. The van der Waals surface area contributed by atoms with Gasteiger partial charge in [-0.2, -0.15) is 0 Å². The number of carbonyl (C=O) groups is 3. The maximum Gasteiger partial charge on any atom is 1.00 e. The third kappa shape index (κ3) is 14.0. The maximum absolute atomic E-state index is 11.4. The zero-order chi connectivity index (χ0) is 39.0. The molecule has 0 N–H and O–H groups in total. The molecule has 8 nitrogen and oxygen atoms in total. The van der Waals surface area contributed by atoms with Crippen LogP contribution in [0.3, 0.4) is 0 Å². The molecule has 53 heavy (non-hydrogen) atoms. The third-order valence-electron chi connectivity index (χ3n) is 8.62. The topological polar surface area (TPSA) is 114 Å². The Kier molecular flexibility index (Phi) is 24.2. The molecular formula is C41H46ClFK2N3O5+. The predicted molar refractivity (Wildman–Crippen MR) is 203 cm³/mol. The smallest absolute Gasteiger partial charge is 1.00 e. The van der Waals surface area contributed by atoms with Crippen LogP contribution < -0.4 is 108 Å². The van der Waals surface area contributed by atoms with Crippen LogP contribution in [0.15, 0.2) is 77.5 Å². The van der Waals surface area contributed by atoms with Crippen LogP contribution >= 0.6 is 11.6 Å². The van der Waals surface area contributed by atoms with Gasteiger partial charge >= 0.3 is 103 Å². The van der Waals surface area contributed by atoms with Gasteiger partial charge in [-0.1, -0.05) is 30.8 Å². The molecule has 0 radical (unpaired) electrons. The molecule has 2 aliphatic rings. The third-order valence-corrected chi connectivity index (χ3v) is 8.88. The molecule has 0 bridgehead atoms. The summed E-state index contributed by atoms with van der Waals surface area (Å²) in [5.41, 5.74) is 15.9. The second-order valence-corrected chi connectivity index (χ2v) is 12.1. The molecule has 0 saturated heterocycles. The zero-order valence-electron chi connectivity index (χ0n) is 34.2. The number of halogens is 2. The Bertz CT molecular complexity index is 2020. The van der Waals surface area contributed by atoms with Gasteiger partial charge in [-0.25, -0.2) is 9.98 Å². The van der Waals surface area contributed by atoms with Crippen LogP contribution in [0.1, 0.15) is 80.3 Å². The molecule has 270 valence electrons. The van der Waals surface area contributed by atoms with E-state index in [1.807, 2.05) is 84.4 Å². The number of imidazole rings is 1. The molecule has 0 spiro atoms. The van der Waals surface area contributed by atoms with Gasteiger partial charge in [0.15, 0.2) is 18.3 Å². The van der Waals surface area contributed by atoms with E-state index in [-0.39, 0.29) is 111 Å². The van der Waals surface area contributed by atoms with E-state index in [1.54, 1.807) is 0 Å². The van der Waals surface area contributed by atoms with Gasteiger partial charge in [0.05, 0.1) is 55.5 Å². The standard InChI is InChI=1S/C19H20N2O.C11H13ClO.C9H8N.CH3F.CH2O3.2K.H/c1-12-9-13(2)17(11-22)14(3)16(12)10-21-15(4)20-18-7-5-6-8-19(18)21;1-7-4-8(2)11(6-13)9(3)10(7)5-12;1-7-6-8-4-2-3-5-9(8)10-7;1-2;2-1-4-3;;;/h5-9,11H,10H2,1-4H3;4,6H,5H2,1-3H3;2-5H,1,6H2;1H3;1,3H;;;/q;;+1;;;2*+1;-1/p-1/i;;;1D;;;;. The summed E-state index contributed by atoms with van der Waals surface area (Å²) >= 11 is 5.80. The van der Waals surface area contributed by atoms with Crippen molar-refractivity contribution in [3.05, 3.63) is 140 Å². The Morgan fingerprint density at radius 1 is 0.981 bits per heavy atom. The Balaban J connectivity index is 0. The van der Waals surface area contributed by atoms with E-state index in [0.717, 1.165) is 98.3 Å². The van der Waals surface area contributed by atoms with Gasteiger partial charge in [-0.15, -0.1) is 11.6 Å². The predicted octanol–water partition coefficient (Wildman–Crippen LogP) is 2.48. The maximum atomic E-state index is 11.4. The fourth-order valence-corrected chi connectivity index (χ4v) is 6.46. The van der Waals surface area contributed by atoms with Gasteiger partial charge < -0.3 is 16.1 Å². The van der Waals surface area contributed by atoms with Crippen molar-refractivity contribution in [2.75, 3.05) is 7.15 Å². The van der Waals surface area contributed by atoms with Crippen molar-refractivity contribution in [2.24, 2.45) is 4.99 Å². The SMILES string of the molecule is C=C1CC2=C[CH+]C=CC2=N1.Cc1cc(C)c(CCl)c(C)c1C=O.Cc1cc(C)c(Cn2c(C)nc3ccccc32)c(C)c1C=O.O=CO[O-].[2H]CF.[H-].[K+].[K+]. The summed E-state index contributed by atoms with van der Waals surface area (Å²) in [7, 11) is -1.00. The van der Waals surface area contributed by atoms with E-state index < -0.39 is 7.15 Å². The van der Waals surface area contributed by atoms with E-state index in [4.69, 9.17) is 23.0 Å². The normalized spacial score (nSPS) is 11.9. The van der Waals surface area contributed by atoms with Crippen LogP contribution in [0.2, 0.25) is 0 Å². The van der Waals surface area contributed by atoms with Gasteiger partial charge in [0.25, 0.3) is 6.47 Å². The molecule has 0 amide bonds. The summed E-state index contributed by atoms with van der Waals surface area (Å²) in [4.78, 5) is 42.3. The van der Waals surface area contributed by atoms with Gasteiger partial charge in [0, 0.05) is 30.0 Å². The van der Waals surface area contributed by atoms with Crippen molar-refractivity contribution in [1.29, 1.82) is 0 Å². The molecule has 2 heterocycles. The number of allylic oxidation sites excluding steroid dienone is 4. The summed E-state index contributed by atoms with van der Waals surface area (Å²) in [5, 5.41) is 8.43. The van der Waals surface area contributed by atoms with Crippen molar-refractivity contribution in [2.45, 2.75) is 67.3 Å². The summed E-state index contributed by atoms with van der Waals surface area (Å²) < 4.78 is 17.7. The quantitative estimate of drug-likeness (QED) is 0.0741. The second-order valence-electron chi connectivity index (χ2n) is 11.8. The Hall–Kier alpha value is -1.85. The summed E-state index contributed by atoms with van der Waals surface area (Å²) in [6.45, 7) is 18.4. The molecule has 0 unspecified atom stereocenters. The van der Waals surface area contributed by atoms with Crippen molar-refractivity contribution >= 4 is 47.4 Å². The van der Waals surface area contributed by atoms with Gasteiger partial charge in [-0.05, 0) is 105 Å². The summed E-state index contributed by atoms with van der Waals surface area (Å²) in [6, 6.07) is 12.3. The Labute approximate surface area is 405 Å². The Morgan fingerprint density at radius 2 is 1.51 bits per heavy atom. The molecule has 3 aromatic carbocycles. The molecule has 6 rings (SSSR count). The van der Waals surface area contributed by atoms with Crippen molar-refractivity contribution < 1.29 is 134 Å². The molecule has 1 aromatic heterocycles. The average Bonchev–Trinajstić information content (AvgIpc) is 3.65. The van der Waals surface area contributed by atoms with Gasteiger partial charge in [0.1, 0.15) is 5.82 Å². The van der Waals surface area contributed by atoms with E-state index >= 15 is 0 Å². The molecule has 1 aliphatic heterocycles. The van der Waals surface area contributed by atoms with E-state index in [1.165, 1.54) is 16.7 Å². The number of carbonyl (C=O) groups excluding carboxylic acids is 3. The number of benzene rings is 3. The zero-order valence-corrected chi connectivity index (χ0v) is 39.2. The van der Waals surface area contributed by atoms with Crippen LogP contribution in [0.25, 0.3) is 11.0 Å². The first-order valence-corrected chi connectivity index (χ1v) is 16.5. The summed E-state index contributed by atoms with van der Waals surface area (Å²) in [6.07, 6.45) is 10.9. The van der Waals surface area contributed by atoms with Crippen molar-refractivity contribution in [1.82, 2.24) is 9.55 Å². The van der Waals surface area contributed by atoms with Crippen LogP contribution in [-0.4, -0.2) is 41.5 Å². The van der Waals surface area contributed by atoms with E-state index in [0.29, 0.717) is 5.88 Å². The number of hydrogen-bond acceptors (Lipinski definition) is 7. The molecule has 0 saturated carbocycles. The summed E-state index contributed by atoms with van der Waals surface area (Å²) in [5.74, 6) is 1.46. The molecule has 1 aliphatic carbocycles. The number of aryl methyl sites for hydroxylation is 5. The van der Waals surface area contributed by atoms with Crippen molar-refractivity contribution in [3.63, 3.8) is 0 Å². The second kappa shape index (κ2) is 26.1. The van der Waals surface area contributed by atoms with E-state index in [9.17, 15) is 14.0 Å². The minimum absolute atomic E-state index is 0. The number of nitrogens with zero attached hydrogens (tertiary/aromatic N) is 3. The Morgan fingerprint density at radius 3 is 2.02 bits per heavy atom. The number of para-hydroxylation sites is 2. The molecule has 12 heteroatoms. The fourth-order valence-electron chi connectivity index (χ4n) is 6.05. The van der Waals surface area contributed by atoms with Crippen LogP contribution in [0.5, 0.6) is 0 Å². The van der Waals surface area contributed by atoms with Crippen LogP contribution in [-0.2, 0) is 22.1 Å². The van der Waals surface area contributed by atoms with Gasteiger partial charge in [-0.3, -0.25) is 18.8 Å². The van der Waals surface area contributed by atoms with Crippen LogP contribution in [0, 0.1) is 54.9 Å². The first-order chi connectivity index (χ1) is 24.8. The molecule has 0 atom stereocenters. The number of fused-ring (bicyclic) bond motifs is 2. The monoisotopic (exact) mass is 793 g/mol.